The van der Waals surface area contributed by atoms with E-state index in [0.717, 1.165) is 9.87 Å². The minimum absolute atomic E-state index is 0.0182. The molecule has 1 saturated heterocycles. The molecule has 5 nitrogen and oxygen atoms in total. The van der Waals surface area contributed by atoms with Crippen LogP contribution >= 0.6 is 0 Å². The summed E-state index contributed by atoms with van der Waals surface area (Å²) in [4.78, 5) is 11.2. The van der Waals surface area contributed by atoms with Crippen molar-refractivity contribution >= 4 is 16.0 Å². The van der Waals surface area contributed by atoms with Gasteiger partial charge in [0.2, 0.25) is 10.0 Å². The Morgan fingerprint density at radius 3 is 2.59 bits per heavy atom. The SMILES string of the molecule is CC(=O)OC1C[C@@H](F)CN(S(=O)(=O)c2ccc(C)cc2C)C1. The Morgan fingerprint density at radius 2 is 2.00 bits per heavy atom. The predicted octanol–water partition coefficient (Wildman–Crippen LogP) is 1.97. The van der Waals surface area contributed by atoms with Gasteiger partial charge in [-0.05, 0) is 25.5 Å². The first-order valence-corrected chi connectivity index (χ1v) is 8.53. The van der Waals surface area contributed by atoms with Crippen molar-refractivity contribution in [2.24, 2.45) is 0 Å². The second kappa shape index (κ2) is 6.34. The fourth-order valence-corrected chi connectivity index (χ4v) is 4.41. The van der Waals surface area contributed by atoms with Crippen molar-refractivity contribution in [3.8, 4) is 0 Å². The standard InChI is InChI=1S/C15H20FNO4S/c1-10-4-5-15(11(2)6-10)22(19,20)17-8-13(16)7-14(9-17)21-12(3)18/h4-6,13-14H,7-9H2,1-3H3/t13-,14?/m1/s1. The molecule has 1 aromatic rings. The normalized spacial score (nSPS) is 23.3. The first-order chi connectivity index (χ1) is 10.2. The summed E-state index contributed by atoms with van der Waals surface area (Å²) < 4.78 is 45.3. The third-order valence-electron chi connectivity index (χ3n) is 3.61. The van der Waals surface area contributed by atoms with Gasteiger partial charge in [-0.3, -0.25) is 4.79 Å². The lowest BCUT2D eigenvalue weighted by molar-refractivity contribution is -0.149. The maximum Gasteiger partial charge on any atom is 0.302 e. The Balaban J connectivity index is 2.29. The molecule has 7 heteroatoms. The van der Waals surface area contributed by atoms with Gasteiger partial charge in [-0.2, -0.15) is 4.31 Å². The van der Waals surface area contributed by atoms with Crippen LogP contribution in [-0.2, 0) is 19.6 Å². The van der Waals surface area contributed by atoms with Crippen molar-refractivity contribution in [2.75, 3.05) is 13.1 Å². The minimum Gasteiger partial charge on any atom is -0.461 e. The van der Waals surface area contributed by atoms with Crippen molar-refractivity contribution in [3.63, 3.8) is 0 Å². The Bertz CT molecular complexity index is 674. The number of aryl methyl sites for hydroxylation is 2. The number of halogens is 1. The van der Waals surface area contributed by atoms with Crippen LogP contribution in [0.5, 0.6) is 0 Å². The lowest BCUT2D eigenvalue weighted by Crippen LogP contribution is -2.48. The van der Waals surface area contributed by atoms with E-state index in [1.54, 1.807) is 19.1 Å². The van der Waals surface area contributed by atoms with Gasteiger partial charge in [0.05, 0.1) is 11.4 Å². The second-order valence-corrected chi connectivity index (χ2v) is 7.56. The zero-order valence-electron chi connectivity index (χ0n) is 12.9. The molecule has 1 fully saturated rings. The molecule has 0 spiro atoms. The minimum atomic E-state index is -3.81. The molecule has 1 aliphatic rings. The molecular weight excluding hydrogens is 309 g/mol. The average Bonchev–Trinajstić information content (AvgIpc) is 2.36. The molecule has 2 atom stereocenters. The van der Waals surface area contributed by atoms with Gasteiger partial charge in [-0.15, -0.1) is 0 Å². The Morgan fingerprint density at radius 1 is 1.32 bits per heavy atom. The van der Waals surface area contributed by atoms with Crippen LogP contribution in [0.1, 0.15) is 24.5 Å². The van der Waals surface area contributed by atoms with Gasteiger partial charge in [0.15, 0.2) is 0 Å². The van der Waals surface area contributed by atoms with Crippen LogP contribution < -0.4 is 0 Å². The summed E-state index contributed by atoms with van der Waals surface area (Å²) >= 11 is 0. The molecule has 1 heterocycles. The monoisotopic (exact) mass is 329 g/mol. The molecule has 1 aromatic carbocycles. The summed E-state index contributed by atoms with van der Waals surface area (Å²) in [5.41, 5.74) is 1.57. The number of rotatable bonds is 3. The van der Waals surface area contributed by atoms with E-state index in [2.05, 4.69) is 0 Å². The van der Waals surface area contributed by atoms with Crippen LogP contribution in [0.25, 0.3) is 0 Å². The molecule has 0 radical (unpaired) electrons. The topological polar surface area (TPSA) is 63.7 Å². The number of carbonyl (C=O) groups excluding carboxylic acids is 1. The van der Waals surface area contributed by atoms with Gasteiger partial charge in [0, 0.05) is 19.9 Å². The van der Waals surface area contributed by atoms with E-state index in [1.807, 2.05) is 6.92 Å². The number of hydrogen-bond donors (Lipinski definition) is 0. The third kappa shape index (κ3) is 3.64. The van der Waals surface area contributed by atoms with Crippen LogP contribution in [0, 0.1) is 13.8 Å². The van der Waals surface area contributed by atoms with Crippen LogP contribution in [0.15, 0.2) is 23.1 Å². The maximum absolute atomic E-state index is 13.8. The lowest BCUT2D eigenvalue weighted by Gasteiger charge is -2.33. The Labute approximate surface area is 130 Å². The van der Waals surface area contributed by atoms with Crippen molar-refractivity contribution in [1.29, 1.82) is 0 Å². The van der Waals surface area contributed by atoms with E-state index >= 15 is 0 Å². The molecule has 0 amide bonds. The van der Waals surface area contributed by atoms with E-state index in [0.29, 0.717) is 5.56 Å². The number of benzene rings is 1. The summed E-state index contributed by atoms with van der Waals surface area (Å²) in [6.45, 7) is 4.58. The number of carbonyl (C=O) groups is 1. The molecule has 0 N–H and O–H groups in total. The van der Waals surface area contributed by atoms with Crippen molar-refractivity contribution in [2.45, 2.75) is 44.4 Å². The average molecular weight is 329 g/mol. The van der Waals surface area contributed by atoms with E-state index in [1.165, 1.54) is 13.0 Å². The van der Waals surface area contributed by atoms with E-state index in [-0.39, 0.29) is 24.4 Å². The Hall–Kier alpha value is -1.47. The van der Waals surface area contributed by atoms with E-state index in [9.17, 15) is 17.6 Å². The molecule has 1 unspecified atom stereocenters. The number of esters is 1. The highest BCUT2D eigenvalue weighted by Gasteiger charge is 2.36. The highest BCUT2D eigenvalue weighted by molar-refractivity contribution is 7.89. The van der Waals surface area contributed by atoms with Crippen molar-refractivity contribution in [3.05, 3.63) is 29.3 Å². The number of alkyl halides is 1. The molecule has 0 aromatic heterocycles. The predicted molar refractivity (Wildman–Crippen MR) is 79.7 cm³/mol. The lowest BCUT2D eigenvalue weighted by atomic mass is 10.1. The molecule has 0 aliphatic carbocycles. The fraction of sp³-hybridized carbons (Fsp3) is 0.533. The van der Waals surface area contributed by atoms with Gasteiger partial charge >= 0.3 is 5.97 Å². The summed E-state index contributed by atoms with van der Waals surface area (Å²) in [6.07, 6.45) is -2.07. The summed E-state index contributed by atoms with van der Waals surface area (Å²) in [7, 11) is -3.81. The van der Waals surface area contributed by atoms with Crippen LogP contribution in [0.3, 0.4) is 0 Å². The van der Waals surface area contributed by atoms with Gasteiger partial charge in [0.25, 0.3) is 0 Å². The van der Waals surface area contributed by atoms with Gasteiger partial charge in [0.1, 0.15) is 12.3 Å². The van der Waals surface area contributed by atoms with Crippen LogP contribution in [0.2, 0.25) is 0 Å². The number of sulfonamides is 1. The summed E-state index contributed by atoms with van der Waals surface area (Å²) in [5.74, 6) is -0.539. The van der Waals surface area contributed by atoms with Gasteiger partial charge < -0.3 is 4.74 Å². The van der Waals surface area contributed by atoms with Crippen molar-refractivity contribution < 1.29 is 22.3 Å². The highest BCUT2D eigenvalue weighted by Crippen LogP contribution is 2.26. The smallest absolute Gasteiger partial charge is 0.302 e. The van der Waals surface area contributed by atoms with E-state index in [4.69, 9.17) is 4.74 Å². The van der Waals surface area contributed by atoms with Crippen LogP contribution in [0.4, 0.5) is 4.39 Å². The number of ether oxygens (including phenoxy) is 1. The summed E-state index contributed by atoms with van der Waals surface area (Å²) in [6, 6.07) is 5.01. The molecule has 122 valence electrons. The zero-order valence-corrected chi connectivity index (χ0v) is 13.7. The zero-order chi connectivity index (χ0) is 16.5. The molecular formula is C15H20FNO4S. The summed E-state index contributed by atoms with van der Waals surface area (Å²) in [5, 5.41) is 0. The molecule has 0 saturated carbocycles. The van der Waals surface area contributed by atoms with Crippen LogP contribution in [-0.4, -0.2) is 44.1 Å². The van der Waals surface area contributed by atoms with Gasteiger partial charge in [-0.1, -0.05) is 17.7 Å². The molecule has 22 heavy (non-hydrogen) atoms. The third-order valence-corrected chi connectivity index (χ3v) is 5.60. The number of piperidine rings is 1. The largest absolute Gasteiger partial charge is 0.461 e. The van der Waals surface area contributed by atoms with Gasteiger partial charge in [-0.25, -0.2) is 12.8 Å². The number of nitrogens with zero attached hydrogens (tertiary/aromatic N) is 1. The molecule has 0 bridgehead atoms. The second-order valence-electron chi connectivity index (χ2n) is 5.66. The highest BCUT2D eigenvalue weighted by atomic mass is 32.2. The molecule has 2 rings (SSSR count). The van der Waals surface area contributed by atoms with E-state index < -0.39 is 28.3 Å². The number of hydrogen-bond acceptors (Lipinski definition) is 4. The maximum atomic E-state index is 13.8. The quantitative estimate of drug-likeness (QED) is 0.795. The van der Waals surface area contributed by atoms with Crippen molar-refractivity contribution in [1.82, 2.24) is 4.31 Å². The fourth-order valence-electron chi connectivity index (χ4n) is 2.70. The molecule has 1 aliphatic heterocycles. The Kier molecular flexibility index (Phi) is 4.87. The first-order valence-electron chi connectivity index (χ1n) is 7.09. The first kappa shape index (κ1) is 16.9.